The van der Waals surface area contributed by atoms with Gasteiger partial charge in [0.15, 0.2) is 0 Å². The summed E-state index contributed by atoms with van der Waals surface area (Å²) in [7, 11) is -4.98. The molecule has 1 N–H and O–H groups in total. The molecule has 0 aromatic heterocycles. The van der Waals surface area contributed by atoms with Gasteiger partial charge in [-0.3, -0.25) is 4.55 Å². The van der Waals surface area contributed by atoms with E-state index in [2.05, 4.69) is 13.8 Å². The Morgan fingerprint density at radius 1 is 1.35 bits per heavy atom. The van der Waals surface area contributed by atoms with Crippen LogP contribution in [0.5, 0.6) is 0 Å². The van der Waals surface area contributed by atoms with Gasteiger partial charge in [-0.25, -0.2) is 0 Å². The molecule has 0 radical (unpaired) electrons. The Morgan fingerprint density at radius 2 is 1.94 bits per heavy atom. The van der Waals surface area contributed by atoms with E-state index in [9.17, 15) is 13.0 Å². The van der Waals surface area contributed by atoms with Crippen molar-refractivity contribution in [2.24, 2.45) is 5.92 Å². The Labute approximate surface area is 105 Å². The van der Waals surface area contributed by atoms with E-state index in [-0.39, 0.29) is 4.53 Å². The third-order valence-electron chi connectivity index (χ3n) is 2.43. The summed E-state index contributed by atoms with van der Waals surface area (Å²) in [5.74, 6) is 0.461. The maximum Gasteiger partial charge on any atom is 0.286 e. The predicted octanol–water partition coefficient (Wildman–Crippen LogP) is 2.12. The fourth-order valence-corrected chi connectivity index (χ4v) is 4.35. The predicted molar refractivity (Wildman–Crippen MR) is 74.2 cm³/mol. The standard InChI is InChI=1S/C12H18O3SSi/c1-10(2)9-17-12(16(13,14)15)8-11-6-4-3-5-7-11/h3-8,10H,9,17H2,1-2H3,(H,13,14,15). The van der Waals surface area contributed by atoms with Crippen molar-refractivity contribution in [3.05, 3.63) is 40.4 Å². The van der Waals surface area contributed by atoms with Crippen LogP contribution in [-0.2, 0) is 10.1 Å². The summed E-state index contributed by atoms with van der Waals surface area (Å²) in [6.07, 6.45) is 1.59. The van der Waals surface area contributed by atoms with Gasteiger partial charge in [-0.15, -0.1) is 0 Å². The number of hydrogen-bond acceptors (Lipinski definition) is 2. The molecule has 1 aromatic carbocycles. The lowest BCUT2D eigenvalue weighted by molar-refractivity contribution is 0.493. The first kappa shape index (κ1) is 14.1. The van der Waals surface area contributed by atoms with E-state index in [1.807, 2.05) is 30.3 Å². The van der Waals surface area contributed by atoms with Gasteiger partial charge in [-0.05, 0) is 17.6 Å². The summed E-state index contributed by atoms with van der Waals surface area (Å²) in [6, 6.07) is 10.1. The monoisotopic (exact) mass is 270 g/mol. The van der Waals surface area contributed by atoms with Gasteiger partial charge in [0.05, 0.1) is 9.52 Å². The molecular weight excluding hydrogens is 252 g/mol. The van der Waals surface area contributed by atoms with Gasteiger partial charge in [0.2, 0.25) is 0 Å². The first-order valence-electron chi connectivity index (χ1n) is 5.62. The summed E-state index contributed by atoms with van der Waals surface area (Å²) in [5.41, 5.74) is 0.816. The maximum absolute atomic E-state index is 11.3. The van der Waals surface area contributed by atoms with E-state index in [1.54, 1.807) is 6.08 Å². The number of hydrogen-bond donors (Lipinski definition) is 1. The summed E-state index contributed by atoms with van der Waals surface area (Å²) >= 11 is 0. The van der Waals surface area contributed by atoms with Crippen LogP contribution >= 0.6 is 0 Å². The molecule has 0 atom stereocenters. The Bertz CT molecular complexity index is 478. The van der Waals surface area contributed by atoms with E-state index < -0.39 is 19.6 Å². The van der Waals surface area contributed by atoms with Gasteiger partial charge in [-0.1, -0.05) is 50.2 Å². The van der Waals surface area contributed by atoms with E-state index in [0.29, 0.717) is 5.92 Å². The van der Waals surface area contributed by atoms with Crippen molar-refractivity contribution >= 4 is 25.7 Å². The first-order chi connectivity index (χ1) is 7.89. The van der Waals surface area contributed by atoms with Gasteiger partial charge in [-0.2, -0.15) is 8.42 Å². The molecule has 0 unspecified atom stereocenters. The molecule has 0 fully saturated rings. The van der Waals surface area contributed by atoms with Gasteiger partial charge in [0.1, 0.15) is 0 Å². The minimum atomic E-state index is -4.04. The van der Waals surface area contributed by atoms with E-state index in [4.69, 9.17) is 0 Å². The van der Waals surface area contributed by atoms with Crippen molar-refractivity contribution in [1.82, 2.24) is 0 Å². The quantitative estimate of drug-likeness (QED) is 0.658. The van der Waals surface area contributed by atoms with Crippen LogP contribution in [0.25, 0.3) is 6.08 Å². The molecule has 0 heterocycles. The Morgan fingerprint density at radius 3 is 2.41 bits per heavy atom. The van der Waals surface area contributed by atoms with E-state index in [0.717, 1.165) is 11.6 Å². The number of rotatable bonds is 5. The summed E-state index contributed by atoms with van der Waals surface area (Å²) in [6.45, 7) is 4.11. The number of benzene rings is 1. The molecule has 0 spiro atoms. The SMILES string of the molecule is CC(C)C[SiH2]C(=Cc1ccccc1)S(=O)(=O)O. The van der Waals surface area contributed by atoms with Crippen LogP contribution in [0, 0.1) is 5.92 Å². The van der Waals surface area contributed by atoms with Crippen LogP contribution in [0.15, 0.2) is 34.9 Å². The molecule has 94 valence electrons. The van der Waals surface area contributed by atoms with Gasteiger partial charge in [0, 0.05) is 4.53 Å². The van der Waals surface area contributed by atoms with Crippen LogP contribution in [0.1, 0.15) is 19.4 Å². The smallest absolute Gasteiger partial charge is 0.282 e. The van der Waals surface area contributed by atoms with Gasteiger partial charge in [0.25, 0.3) is 10.1 Å². The zero-order chi connectivity index (χ0) is 12.9. The van der Waals surface area contributed by atoms with Crippen molar-refractivity contribution in [2.45, 2.75) is 19.9 Å². The normalized spacial score (nSPS) is 13.8. The molecule has 0 saturated heterocycles. The molecular formula is C12H18O3SSi. The van der Waals surface area contributed by atoms with Crippen molar-refractivity contribution in [2.75, 3.05) is 0 Å². The maximum atomic E-state index is 11.3. The second kappa shape index (κ2) is 6.14. The lowest BCUT2D eigenvalue weighted by Crippen LogP contribution is -2.10. The molecule has 1 aromatic rings. The van der Waals surface area contributed by atoms with Crippen LogP contribution in [0.4, 0.5) is 0 Å². The Balaban J connectivity index is 2.95. The molecule has 0 aliphatic heterocycles. The molecule has 0 aliphatic carbocycles. The fourth-order valence-electron chi connectivity index (χ4n) is 1.44. The Hall–Kier alpha value is -0.913. The molecule has 0 aliphatic rings. The molecule has 17 heavy (non-hydrogen) atoms. The zero-order valence-corrected chi connectivity index (χ0v) is 12.4. The summed E-state index contributed by atoms with van der Waals surface area (Å²) in [4.78, 5) is 0. The Kier molecular flexibility index (Phi) is 5.11. The van der Waals surface area contributed by atoms with Crippen LogP contribution in [0.3, 0.4) is 0 Å². The zero-order valence-electron chi connectivity index (χ0n) is 10.1. The third kappa shape index (κ3) is 5.30. The van der Waals surface area contributed by atoms with Crippen molar-refractivity contribution in [1.29, 1.82) is 0 Å². The van der Waals surface area contributed by atoms with Crippen molar-refractivity contribution in [3.63, 3.8) is 0 Å². The molecule has 5 heteroatoms. The minimum Gasteiger partial charge on any atom is -0.282 e. The van der Waals surface area contributed by atoms with E-state index >= 15 is 0 Å². The van der Waals surface area contributed by atoms with Crippen molar-refractivity contribution < 1.29 is 13.0 Å². The highest BCUT2D eigenvalue weighted by Gasteiger charge is 2.14. The topological polar surface area (TPSA) is 54.4 Å². The minimum absolute atomic E-state index is 0.220. The fraction of sp³-hybridized carbons (Fsp3) is 0.333. The van der Waals surface area contributed by atoms with E-state index in [1.165, 1.54) is 0 Å². The van der Waals surface area contributed by atoms with Crippen molar-refractivity contribution in [3.8, 4) is 0 Å². The molecule has 0 saturated carbocycles. The van der Waals surface area contributed by atoms with Crippen LogP contribution in [-0.4, -0.2) is 22.5 Å². The lowest BCUT2D eigenvalue weighted by atomic mass is 10.2. The highest BCUT2D eigenvalue weighted by Crippen LogP contribution is 2.13. The first-order valence-corrected chi connectivity index (χ1v) is 8.77. The average Bonchev–Trinajstić information content (AvgIpc) is 2.23. The second-order valence-corrected chi connectivity index (χ2v) is 8.26. The molecule has 0 bridgehead atoms. The molecule has 1 rings (SSSR count). The van der Waals surface area contributed by atoms with Crippen LogP contribution in [0.2, 0.25) is 6.04 Å². The van der Waals surface area contributed by atoms with Gasteiger partial charge >= 0.3 is 0 Å². The summed E-state index contributed by atoms with van der Waals surface area (Å²) < 4.78 is 32.0. The average molecular weight is 270 g/mol. The van der Waals surface area contributed by atoms with Gasteiger partial charge < -0.3 is 0 Å². The summed E-state index contributed by atoms with van der Waals surface area (Å²) in [5, 5.41) is 0. The molecule has 0 amide bonds. The highest BCUT2D eigenvalue weighted by molar-refractivity contribution is 7.91. The van der Waals surface area contributed by atoms with Crippen LogP contribution < -0.4 is 0 Å². The largest absolute Gasteiger partial charge is 0.286 e. The molecule has 3 nitrogen and oxygen atoms in total. The third-order valence-corrected chi connectivity index (χ3v) is 7.05. The highest BCUT2D eigenvalue weighted by atomic mass is 32.2. The lowest BCUT2D eigenvalue weighted by Gasteiger charge is -2.06. The second-order valence-electron chi connectivity index (χ2n) is 4.43.